The van der Waals surface area contributed by atoms with Gasteiger partial charge in [-0.05, 0) is 25.1 Å². The molecule has 0 atom stereocenters. The molecule has 2 aromatic rings. The summed E-state index contributed by atoms with van der Waals surface area (Å²) in [7, 11) is 0. The highest BCUT2D eigenvalue weighted by atomic mass is 35.5. The van der Waals surface area contributed by atoms with Crippen LogP contribution in [0, 0.1) is 0 Å². The van der Waals surface area contributed by atoms with Crippen molar-refractivity contribution in [2.45, 2.75) is 13.5 Å². The minimum absolute atomic E-state index is 0.0954. The van der Waals surface area contributed by atoms with Crippen molar-refractivity contribution < 1.29 is 5.11 Å². The fourth-order valence-corrected chi connectivity index (χ4v) is 1.62. The van der Waals surface area contributed by atoms with Gasteiger partial charge in [-0.3, -0.25) is 4.68 Å². The summed E-state index contributed by atoms with van der Waals surface area (Å²) in [5, 5.41) is 14.0. The molecule has 0 aliphatic heterocycles. The third-order valence-electron chi connectivity index (χ3n) is 2.26. The van der Waals surface area contributed by atoms with Gasteiger partial charge in [-0.25, -0.2) is 0 Å². The minimum Gasteiger partial charge on any atom is -0.506 e. The smallest absolute Gasteiger partial charge is 0.134 e. The van der Waals surface area contributed by atoms with Crippen LogP contribution in [0.25, 0.3) is 11.3 Å². The zero-order valence-corrected chi connectivity index (χ0v) is 9.07. The first-order chi connectivity index (χ1) is 7.22. The van der Waals surface area contributed by atoms with Gasteiger partial charge in [-0.1, -0.05) is 17.7 Å². The molecule has 0 spiro atoms. The Hall–Kier alpha value is -1.48. The molecule has 3 nitrogen and oxygen atoms in total. The van der Waals surface area contributed by atoms with E-state index in [9.17, 15) is 5.11 Å². The highest BCUT2D eigenvalue weighted by Crippen LogP contribution is 2.29. The maximum absolute atomic E-state index is 9.50. The molecule has 0 bridgehead atoms. The fourth-order valence-electron chi connectivity index (χ4n) is 1.50. The van der Waals surface area contributed by atoms with Gasteiger partial charge in [-0.15, -0.1) is 0 Å². The van der Waals surface area contributed by atoms with Gasteiger partial charge in [0.15, 0.2) is 0 Å². The highest BCUT2D eigenvalue weighted by molar-refractivity contribution is 6.32. The molecule has 1 aromatic carbocycles. The van der Waals surface area contributed by atoms with Crippen LogP contribution in [0.15, 0.2) is 30.5 Å². The van der Waals surface area contributed by atoms with Crippen molar-refractivity contribution in [2.75, 3.05) is 0 Å². The Morgan fingerprint density at radius 1 is 1.40 bits per heavy atom. The molecule has 15 heavy (non-hydrogen) atoms. The number of aryl methyl sites for hydroxylation is 1. The van der Waals surface area contributed by atoms with Crippen LogP contribution < -0.4 is 0 Å². The molecule has 0 unspecified atom stereocenters. The summed E-state index contributed by atoms with van der Waals surface area (Å²) in [5.74, 6) is 0.0954. The number of aromatic nitrogens is 2. The van der Waals surface area contributed by atoms with Crippen molar-refractivity contribution in [3.05, 3.63) is 35.5 Å². The third kappa shape index (κ3) is 1.83. The van der Waals surface area contributed by atoms with Crippen molar-refractivity contribution in [3.63, 3.8) is 0 Å². The first-order valence-corrected chi connectivity index (χ1v) is 5.11. The molecule has 0 amide bonds. The molecule has 78 valence electrons. The Balaban J connectivity index is 2.50. The monoisotopic (exact) mass is 222 g/mol. The predicted octanol–water partition coefficient (Wildman–Crippen LogP) is 2.93. The van der Waals surface area contributed by atoms with Crippen LogP contribution in [0.5, 0.6) is 5.75 Å². The Morgan fingerprint density at radius 2 is 2.20 bits per heavy atom. The minimum atomic E-state index is 0.0954. The van der Waals surface area contributed by atoms with Gasteiger partial charge < -0.3 is 5.11 Å². The van der Waals surface area contributed by atoms with Crippen molar-refractivity contribution in [1.29, 1.82) is 0 Å². The summed E-state index contributed by atoms with van der Waals surface area (Å²) >= 11 is 5.74. The lowest BCUT2D eigenvalue weighted by atomic mass is 10.1. The van der Waals surface area contributed by atoms with Crippen LogP contribution in [0.4, 0.5) is 0 Å². The van der Waals surface area contributed by atoms with Gasteiger partial charge in [0.1, 0.15) is 5.75 Å². The van der Waals surface area contributed by atoms with E-state index in [0.717, 1.165) is 17.8 Å². The van der Waals surface area contributed by atoms with Gasteiger partial charge in [0.25, 0.3) is 0 Å². The van der Waals surface area contributed by atoms with E-state index in [2.05, 4.69) is 5.10 Å². The Morgan fingerprint density at radius 3 is 2.87 bits per heavy atom. The Labute approximate surface area is 92.9 Å². The quantitative estimate of drug-likeness (QED) is 0.849. The van der Waals surface area contributed by atoms with Crippen LogP contribution in [-0.2, 0) is 6.54 Å². The average molecular weight is 223 g/mol. The summed E-state index contributed by atoms with van der Waals surface area (Å²) in [5.41, 5.74) is 1.89. The summed E-state index contributed by atoms with van der Waals surface area (Å²) in [4.78, 5) is 0. The van der Waals surface area contributed by atoms with Gasteiger partial charge >= 0.3 is 0 Å². The zero-order valence-electron chi connectivity index (χ0n) is 8.31. The van der Waals surface area contributed by atoms with Gasteiger partial charge in [0.05, 0.1) is 10.7 Å². The molecule has 0 saturated heterocycles. The van der Waals surface area contributed by atoms with Crippen molar-refractivity contribution in [1.82, 2.24) is 9.78 Å². The molecular formula is C11H11ClN2O. The normalized spacial score (nSPS) is 10.5. The highest BCUT2D eigenvalue weighted by Gasteiger charge is 2.06. The van der Waals surface area contributed by atoms with Crippen molar-refractivity contribution in [3.8, 4) is 17.0 Å². The summed E-state index contributed by atoms with van der Waals surface area (Å²) in [6, 6.07) is 7.10. The van der Waals surface area contributed by atoms with E-state index in [1.165, 1.54) is 0 Å². The summed E-state index contributed by atoms with van der Waals surface area (Å²) in [6.45, 7) is 2.82. The molecule has 1 aromatic heterocycles. The number of rotatable bonds is 2. The first kappa shape index (κ1) is 10.1. The molecule has 1 heterocycles. The number of aromatic hydroxyl groups is 1. The summed E-state index contributed by atoms with van der Waals surface area (Å²) in [6.07, 6.45) is 1.74. The lowest BCUT2D eigenvalue weighted by molar-refractivity contribution is 0.476. The molecule has 0 fully saturated rings. The lowest BCUT2D eigenvalue weighted by Gasteiger charge is -2.05. The largest absolute Gasteiger partial charge is 0.506 e. The third-order valence-corrected chi connectivity index (χ3v) is 2.58. The van der Waals surface area contributed by atoms with Crippen molar-refractivity contribution in [2.24, 2.45) is 0 Å². The van der Waals surface area contributed by atoms with E-state index in [0.29, 0.717) is 5.02 Å². The van der Waals surface area contributed by atoms with E-state index >= 15 is 0 Å². The zero-order chi connectivity index (χ0) is 10.8. The van der Waals surface area contributed by atoms with Gasteiger partial charge in [0, 0.05) is 18.3 Å². The molecule has 0 aliphatic rings. The number of halogens is 1. The fraction of sp³-hybridized carbons (Fsp3) is 0.182. The van der Waals surface area contributed by atoms with Crippen LogP contribution in [0.2, 0.25) is 5.02 Å². The van der Waals surface area contributed by atoms with E-state index < -0.39 is 0 Å². The second-order valence-corrected chi connectivity index (χ2v) is 3.61. The Kier molecular flexibility index (Phi) is 2.64. The SMILES string of the molecule is CCn1nccc1-c1ccc(Cl)c(O)c1. The second-order valence-electron chi connectivity index (χ2n) is 3.20. The first-order valence-electron chi connectivity index (χ1n) is 4.73. The maximum atomic E-state index is 9.50. The van der Waals surface area contributed by atoms with E-state index in [-0.39, 0.29) is 5.75 Å². The molecule has 2 rings (SSSR count). The van der Waals surface area contributed by atoms with E-state index in [1.54, 1.807) is 18.3 Å². The van der Waals surface area contributed by atoms with Crippen molar-refractivity contribution >= 4 is 11.6 Å². The van der Waals surface area contributed by atoms with Crippen LogP contribution >= 0.6 is 11.6 Å². The average Bonchev–Trinajstić information content (AvgIpc) is 2.70. The summed E-state index contributed by atoms with van der Waals surface area (Å²) < 4.78 is 1.86. The van der Waals surface area contributed by atoms with Crippen LogP contribution in [-0.4, -0.2) is 14.9 Å². The molecular weight excluding hydrogens is 212 g/mol. The molecule has 0 aliphatic carbocycles. The Bertz CT molecular complexity index is 479. The van der Waals surface area contributed by atoms with E-state index in [4.69, 9.17) is 11.6 Å². The van der Waals surface area contributed by atoms with Gasteiger partial charge in [0.2, 0.25) is 0 Å². The standard InChI is InChI=1S/C11H11ClN2O/c1-2-14-10(5-6-13-14)8-3-4-9(12)11(15)7-8/h3-7,15H,2H2,1H3. The second kappa shape index (κ2) is 3.95. The number of benzene rings is 1. The number of hydrogen-bond acceptors (Lipinski definition) is 2. The maximum Gasteiger partial charge on any atom is 0.134 e. The molecule has 4 heteroatoms. The predicted molar refractivity (Wildman–Crippen MR) is 60.0 cm³/mol. The molecule has 0 saturated carbocycles. The topological polar surface area (TPSA) is 38.0 Å². The van der Waals surface area contributed by atoms with E-state index in [1.807, 2.05) is 23.7 Å². The van der Waals surface area contributed by atoms with Gasteiger partial charge in [-0.2, -0.15) is 5.10 Å². The number of hydrogen-bond donors (Lipinski definition) is 1. The van der Waals surface area contributed by atoms with Crippen LogP contribution in [0.1, 0.15) is 6.92 Å². The number of nitrogens with zero attached hydrogens (tertiary/aromatic N) is 2. The lowest BCUT2D eigenvalue weighted by Crippen LogP contribution is -1.98. The van der Waals surface area contributed by atoms with Crippen LogP contribution in [0.3, 0.4) is 0 Å². The number of phenolic OH excluding ortho intramolecular Hbond substituents is 1. The molecule has 1 N–H and O–H groups in total. The number of phenols is 1. The molecule has 0 radical (unpaired) electrons.